The van der Waals surface area contributed by atoms with Gasteiger partial charge in [-0.1, -0.05) is 0 Å². The lowest BCUT2D eigenvalue weighted by Gasteiger charge is -2.26. The Kier molecular flexibility index (Phi) is 5.49. The molecule has 0 unspecified atom stereocenters. The number of nitrogens with zero attached hydrogens (tertiary/aromatic N) is 1. The average Bonchev–Trinajstić information content (AvgIpc) is 2.97. The fourth-order valence-corrected chi connectivity index (χ4v) is 2.73. The molecule has 0 saturated carbocycles. The maximum atomic E-state index is 13.4. The standard InChI is InChI=1S/C18H24FNO4/c1-18(2,3)24-17(22)20-9-5-6-15(20)16(23-4)14-8-7-13(19)10-12(14)11-21/h7-8,10,21H,5-6,9,11H2,1-4H3/b16-15-. The zero-order valence-corrected chi connectivity index (χ0v) is 14.6. The van der Waals surface area contributed by atoms with Crippen molar-refractivity contribution in [1.29, 1.82) is 0 Å². The van der Waals surface area contributed by atoms with E-state index in [1.54, 1.807) is 11.0 Å². The minimum Gasteiger partial charge on any atom is -0.494 e. The number of methoxy groups -OCH3 is 1. The smallest absolute Gasteiger partial charge is 0.414 e. The Morgan fingerprint density at radius 2 is 2.08 bits per heavy atom. The van der Waals surface area contributed by atoms with Crippen molar-refractivity contribution in [2.45, 2.75) is 45.8 Å². The van der Waals surface area contributed by atoms with Gasteiger partial charge in [0, 0.05) is 12.1 Å². The van der Waals surface area contributed by atoms with Crippen LogP contribution >= 0.6 is 0 Å². The number of hydrogen-bond acceptors (Lipinski definition) is 4. The highest BCUT2D eigenvalue weighted by Gasteiger charge is 2.31. The minimum absolute atomic E-state index is 0.320. The monoisotopic (exact) mass is 337 g/mol. The Morgan fingerprint density at radius 3 is 2.67 bits per heavy atom. The van der Waals surface area contributed by atoms with Crippen molar-refractivity contribution in [3.8, 4) is 0 Å². The first kappa shape index (κ1) is 18.3. The van der Waals surface area contributed by atoms with Crippen molar-refractivity contribution in [3.63, 3.8) is 0 Å². The Balaban J connectivity index is 2.44. The lowest BCUT2D eigenvalue weighted by atomic mass is 10.0. The summed E-state index contributed by atoms with van der Waals surface area (Å²) >= 11 is 0. The largest absolute Gasteiger partial charge is 0.494 e. The molecule has 1 aliphatic heterocycles. The number of likely N-dealkylation sites (tertiary alicyclic amines) is 1. The number of benzene rings is 1. The highest BCUT2D eigenvalue weighted by molar-refractivity contribution is 5.76. The molecule has 24 heavy (non-hydrogen) atoms. The summed E-state index contributed by atoms with van der Waals surface area (Å²) in [6.07, 6.45) is 0.999. The van der Waals surface area contributed by atoms with E-state index in [2.05, 4.69) is 0 Å². The van der Waals surface area contributed by atoms with Crippen LogP contribution in [0.1, 0.15) is 44.7 Å². The summed E-state index contributed by atoms with van der Waals surface area (Å²) in [4.78, 5) is 14.0. The summed E-state index contributed by atoms with van der Waals surface area (Å²) < 4.78 is 24.4. The van der Waals surface area contributed by atoms with Crippen LogP contribution in [0.25, 0.3) is 5.76 Å². The van der Waals surface area contributed by atoms with Crippen LogP contribution in [0.3, 0.4) is 0 Å². The molecule has 0 bridgehead atoms. The van der Waals surface area contributed by atoms with E-state index >= 15 is 0 Å². The number of amides is 1. The van der Waals surface area contributed by atoms with Crippen LogP contribution in [-0.4, -0.2) is 35.4 Å². The Bertz CT molecular complexity index is 649. The van der Waals surface area contributed by atoms with Gasteiger partial charge in [0.15, 0.2) is 0 Å². The number of carbonyl (C=O) groups is 1. The number of carbonyl (C=O) groups excluding carboxylic acids is 1. The molecule has 2 rings (SSSR count). The first-order valence-corrected chi connectivity index (χ1v) is 7.94. The molecule has 1 N–H and O–H groups in total. The molecule has 1 aromatic rings. The molecular weight excluding hydrogens is 313 g/mol. The second kappa shape index (κ2) is 7.21. The zero-order valence-electron chi connectivity index (χ0n) is 14.6. The molecule has 0 spiro atoms. The number of hydrogen-bond donors (Lipinski definition) is 1. The Hall–Kier alpha value is -2.08. The first-order valence-electron chi connectivity index (χ1n) is 7.94. The number of aliphatic hydroxyl groups is 1. The maximum Gasteiger partial charge on any atom is 0.414 e. The molecule has 132 valence electrons. The van der Waals surface area contributed by atoms with Gasteiger partial charge in [-0.25, -0.2) is 9.18 Å². The van der Waals surface area contributed by atoms with Crippen molar-refractivity contribution in [1.82, 2.24) is 4.90 Å². The highest BCUT2D eigenvalue weighted by Crippen LogP contribution is 2.33. The van der Waals surface area contributed by atoms with E-state index in [0.717, 1.165) is 6.42 Å². The molecule has 0 atom stereocenters. The molecule has 6 heteroatoms. The van der Waals surface area contributed by atoms with Gasteiger partial charge in [0.2, 0.25) is 0 Å². The number of ether oxygens (including phenoxy) is 2. The average molecular weight is 337 g/mol. The van der Waals surface area contributed by atoms with E-state index in [1.807, 2.05) is 20.8 Å². The van der Waals surface area contributed by atoms with Crippen LogP contribution in [0, 0.1) is 5.82 Å². The van der Waals surface area contributed by atoms with Gasteiger partial charge in [0.05, 0.1) is 19.4 Å². The summed E-state index contributed by atoms with van der Waals surface area (Å²) in [7, 11) is 1.50. The summed E-state index contributed by atoms with van der Waals surface area (Å²) in [6.45, 7) is 5.65. The molecule has 1 fully saturated rings. The predicted octanol–water partition coefficient (Wildman–Crippen LogP) is 3.66. The summed E-state index contributed by atoms with van der Waals surface area (Å²) in [6, 6.07) is 4.13. The molecule has 1 aromatic carbocycles. The Morgan fingerprint density at radius 1 is 1.38 bits per heavy atom. The van der Waals surface area contributed by atoms with Crippen LogP contribution in [0.2, 0.25) is 0 Å². The number of allylic oxidation sites excluding steroid dienone is 1. The van der Waals surface area contributed by atoms with E-state index in [0.29, 0.717) is 35.5 Å². The van der Waals surface area contributed by atoms with Gasteiger partial charge in [0.25, 0.3) is 0 Å². The van der Waals surface area contributed by atoms with Crippen molar-refractivity contribution >= 4 is 11.9 Å². The number of rotatable bonds is 3. The van der Waals surface area contributed by atoms with Crippen LogP contribution in [0.15, 0.2) is 23.9 Å². The lowest BCUT2D eigenvalue weighted by Crippen LogP contribution is -2.34. The van der Waals surface area contributed by atoms with Gasteiger partial charge in [-0.2, -0.15) is 0 Å². The van der Waals surface area contributed by atoms with E-state index in [1.165, 1.54) is 19.2 Å². The van der Waals surface area contributed by atoms with Gasteiger partial charge in [-0.3, -0.25) is 4.90 Å². The van der Waals surface area contributed by atoms with Crippen LogP contribution in [0.5, 0.6) is 0 Å². The minimum atomic E-state index is -0.593. The highest BCUT2D eigenvalue weighted by atomic mass is 19.1. The first-order chi connectivity index (χ1) is 11.3. The van der Waals surface area contributed by atoms with Crippen molar-refractivity contribution in [2.24, 2.45) is 0 Å². The topological polar surface area (TPSA) is 59.0 Å². The van der Waals surface area contributed by atoms with E-state index in [4.69, 9.17) is 9.47 Å². The van der Waals surface area contributed by atoms with Crippen LogP contribution in [-0.2, 0) is 16.1 Å². The second-order valence-electron chi connectivity index (χ2n) is 6.68. The van der Waals surface area contributed by atoms with Crippen LogP contribution in [0.4, 0.5) is 9.18 Å². The second-order valence-corrected chi connectivity index (χ2v) is 6.68. The van der Waals surface area contributed by atoms with Gasteiger partial charge in [-0.05, 0) is 57.4 Å². The van der Waals surface area contributed by atoms with Crippen molar-refractivity contribution in [3.05, 3.63) is 40.8 Å². The number of aliphatic hydroxyl groups excluding tert-OH is 1. The third-order valence-corrected chi connectivity index (χ3v) is 3.68. The predicted molar refractivity (Wildman–Crippen MR) is 88.4 cm³/mol. The lowest BCUT2D eigenvalue weighted by molar-refractivity contribution is 0.0336. The molecule has 1 saturated heterocycles. The molecule has 0 aliphatic carbocycles. The van der Waals surface area contributed by atoms with E-state index in [9.17, 15) is 14.3 Å². The quantitative estimate of drug-likeness (QED) is 0.855. The normalized spacial score (nSPS) is 17.0. The third kappa shape index (κ3) is 4.06. The van der Waals surface area contributed by atoms with Gasteiger partial charge >= 0.3 is 6.09 Å². The van der Waals surface area contributed by atoms with Crippen LogP contribution < -0.4 is 0 Å². The van der Waals surface area contributed by atoms with E-state index in [-0.39, 0.29) is 6.61 Å². The zero-order chi connectivity index (χ0) is 17.9. The maximum absolute atomic E-state index is 13.4. The van der Waals surface area contributed by atoms with Gasteiger partial charge < -0.3 is 14.6 Å². The fourth-order valence-electron chi connectivity index (χ4n) is 2.73. The fraction of sp³-hybridized carbons (Fsp3) is 0.500. The number of halogens is 1. The molecule has 1 heterocycles. The molecule has 0 radical (unpaired) electrons. The van der Waals surface area contributed by atoms with Gasteiger partial charge in [0.1, 0.15) is 17.2 Å². The molecule has 5 nitrogen and oxygen atoms in total. The van der Waals surface area contributed by atoms with Gasteiger partial charge in [-0.15, -0.1) is 0 Å². The third-order valence-electron chi connectivity index (χ3n) is 3.68. The SMILES string of the molecule is CO/C(=C1/CCCN1C(=O)OC(C)(C)C)c1ccc(F)cc1CO. The molecule has 1 aliphatic rings. The molecular formula is C18H24FNO4. The molecule has 0 aromatic heterocycles. The Labute approximate surface area is 141 Å². The van der Waals surface area contributed by atoms with Crippen molar-refractivity contribution in [2.75, 3.05) is 13.7 Å². The summed E-state index contributed by atoms with van der Waals surface area (Å²) in [5, 5.41) is 9.51. The van der Waals surface area contributed by atoms with Crippen molar-refractivity contribution < 1.29 is 23.8 Å². The molecule has 1 amide bonds. The van der Waals surface area contributed by atoms with E-state index < -0.39 is 17.5 Å². The summed E-state index contributed by atoms with van der Waals surface area (Å²) in [5.41, 5.74) is 1.08. The summed E-state index contributed by atoms with van der Waals surface area (Å²) in [5.74, 6) is 0.0288.